The molecule has 1 atom stereocenters. The van der Waals surface area contributed by atoms with Crippen LogP contribution >= 0.6 is 0 Å². The lowest BCUT2D eigenvalue weighted by molar-refractivity contribution is 0.0241. The van der Waals surface area contributed by atoms with Crippen molar-refractivity contribution >= 4 is 11.6 Å². The van der Waals surface area contributed by atoms with Crippen molar-refractivity contribution in [1.29, 1.82) is 0 Å². The summed E-state index contributed by atoms with van der Waals surface area (Å²) in [6.07, 6.45) is 0.104. The smallest absolute Gasteiger partial charge is 0.198 e. The molecule has 1 N–H and O–H groups in total. The molecule has 0 bridgehead atoms. The van der Waals surface area contributed by atoms with E-state index in [1.54, 1.807) is 72.8 Å². The molecule has 0 heterocycles. The van der Waals surface area contributed by atoms with Crippen LogP contribution in [-0.4, -0.2) is 16.7 Å². The van der Waals surface area contributed by atoms with Gasteiger partial charge in [0.15, 0.2) is 17.2 Å². The molecule has 0 aromatic heterocycles. The molecule has 26 heavy (non-hydrogen) atoms. The van der Waals surface area contributed by atoms with Gasteiger partial charge in [0, 0.05) is 17.5 Å². The van der Waals surface area contributed by atoms with Gasteiger partial charge in [-0.25, -0.2) is 0 Å². The summed E-state index contributed by atoms with van der Waals surface area (Å²) in [6, 6.07) is 26.4. The summed E-state index contributed by atoms with van der Waals surface area (Å²) in [4.78, 5) is 25.5. The summed E-state index contributed by atoms with van der Waals surface area (Å²) in [5.41, 5.74) is -0.247. The van der Waals surface area contributed by atoms with Crippen LogP contribution in [0.4, 0.5) is 0 Å². The third-order valence-corrected chi connectivity index (χ3v) is 4.47. The van der Waals surface area contributed by atoms with E-state index >= 15 is 0 Å². The van der Waals surface area contributed by atoms with Gasteiger partial charge in [-0.3, -0.25) is 9.59 Å². The van der Waals surface area contributed by atoms with Crippen LogP contribution in [0.3, 0.4) is 0 Å². The fourth-order valence-electron chi connectivity index (χ4n) is 2.99. The lowest BCUT2D eigenvalue weighted by Gasteiger charge is -2.27. The molecule has 3 nitrogen and oxygen atoms in total. The maximum atomic E-state index is 13.1. The second-order valence-electron chi connectivity index (χ2n) is 6.21. The van der Waals surface area contributed by atoms with Crippen LogP contribution in [0.25, 0.3) is 0 Å². The fraction of sp³-hybridized carbons (Fsp3) is 0.130. The van der Waals surface area contributed by atoms with Crippen LogP contribution in [0.5, 0.6) is 0 Å². The Labute approximate surface area is 152 Å². The molecule has 3 rings (SSSR count). The van der Waals surface area contributed by atoms with Gasteiger partial charge in [0.1, 0.15) is 0 Å². The summed E-state index contributed by atoms with van der Waals surface area (Å²) >= 11 is 0. The van der Waals surface area contributed by atoms with Crippen LogP contribution in [0.1, 0.15) is 39.1 Å². The van der Waals surface area contributed by atoms with E-state index in [1.165, 1.54) is 0 Å². The quantitative estimate of drug-likeness (QED) is 0.646. The summed E-state index contributed by atoms with van der Waals surface area (Å²) < 4.78 is 0. The highest BCUT2D eigenvalue weighted by molar-refractivity contribution is 6.03. The predicted octanol–water partition coefficient (Wildman–Crippen LogP) is 4.42. The standard InChI is InChI=1S/C23H20O3/c24-21(18-10-4-1-5-11-18)16-17-23(26,20-14-8-3-9-15-20)22(25)19-12-6-2-7-13-19/h1-15,26H,16-17H2/t23-/m1/s1. The van der Waals surface area contributed by atoms with Crippen molar-refractivity contribution < 1.29 is 14.7 Å². The summed E-state index contributed by atoms with van der Waals surface area (Å²) in [5.74, 6) is -0.494. The van der Waals surface area contributed by atoms with E-state index in [0.29, 0.717) is 16.7 Å². The van der Waals surface area contributed by atoms with Gasteiger partial charge in [0.05, 0.1) is 0 Å². The number of aliphatic hydroxyl groups is 1. The third-order valence-electron chi connectivity index (χ3n) is 4.47. The Morgan fingerprint density at radius 3 is 1.69 bits per heavy atom. The van der Waals surface area contributed by atoms with Gasteiger partial charge in [-0.1, -0.05) is 91.0 Å². The molecule has 0 saturated carbocycles. The summed E-state index contributed by atoms with van der Waals surface area (Å²) in [6.45, 7) is 0. The number of carbonyl (C=O) groups excluding carboxylic acids is 2. The Morgan fingerprint density at radius 2 is 1.15 bits per heavy atom. The zero-order chi connectivity index (χ0) is 18.4. The first-order valence-electron chi connectivity index (χ1n) is 8.57. The van der Waals surface area contributed by atoms with Gasteiger partial charge in [-0.15, -0.1) is 0 Å². The average molecular weight is 344 g/mol. The molecule has 0 fully saturated rings. The van der Waals surface area contributed by atoms with E-state index in [1.807, 2.05) is 18.2 Å². The van der Waals surface area contributed by atoms with Crippen LogP contribution < -0.4 is 0 Å². The SMILES string of the molecule is O=C(CC[C@](O)(C(=O)c1ccccc1)c1ccccc1)c1ccccc1. The van der Waals surface area contributed by atoms with E-state index in [9.17, 15) is 14.7 Å². The molecule has 0 amide bonds. The van der Waals surface area contributed by atoms with Gasteiger partial charge in [0.25, 0.3) is 0 Å². The van der Waals surface area contributed by atoms with Crippen LogP contribution in [0, 0.1) is 0 Å². The molecule has 3 heteroatoms. The molecule has 0 aliphatic rings. The maximum Gasteiger partial charge on any atom is 0.198 e. The summed E-state index contributed by atoms with van der Waals surface area (Å²) in [7, 11) is 0. The minimum atomic E-state index is -1.74. The minimum Gasteiger partial charge on any atom is -0.377 e. The third kappa shape index (κ3) is 3.79. The number of hydrogen-bond acceptors (Lipinski definition) is 3. The number of rotatable bonds is 7. The maximum absolute atomic E-state index is 13.1. The molecular formula is C23H20O3. The van der Waals surface area contributed by atoms with E-state index < -0.39 is 11.4 Å². The molecule has 0 saturated heterocycles. The predicted molar refractivity (Wildman–Crippen MR) is 101 cm³/mol. The normalized spacial score (nSPS) is 13.0. The molecule has 130 valence electrons. The zero-order valence-corrected chi connectivity index (χ0v) is 14.3. The second kappa shape index (κ2) is 7.89. The first kappa shape index (κ1) is 17.8. The minimum absolute atomic E-state index is 0.0263. The highest BCUT2D eigenvalue weighted by Gasteiger charge is 2.38. The molecule has 0 spiro atoms. The Hall–Kier alpha value is -3.04. The zero-order valence-electron chi connectivity index (χ0n) is 14.3. The lowest BCUT2D eigenvalue weighted by atomic mass is 9.81. The molecule has 0 radical (unpaired) electrons. The number of carbonyl (C=O) groups is 2. The highest BCUT2D eigenvalue weighted by atomic mass is 16.3. The van der Waals surface area contributed by atoms with Crippen molar-refractivity contribution in [2.24, 2.45) is 0 Å². The van der Waals surface area contributed by atoms with Gasteiger partial charge < -0.3 is 5.11 Å². The molecule has 0 unspecified atom stereocenters. The summed E-state index contributed by atoms with van der Waals surface area (Å²) in [5, 5.41) is 11.3. The van der Waals surface area contributed by atoms with Crippen LogP contribution in [-0.2, 0) is 5.60 Å². The Kier molecular flexibility index (Phi) is 5.40. The number of hydrogen-bond donors (Lipinski definition) is 1. The van der Waals surface area contributed by atoms with Crippen molar-refractivity contribution in [3.05, 3.63) is 108 Å². The van der Waals surface area contributed by atoms with E-state index in [-0.39, 0.29) is 18.6 Å². The number of benzene rings is 3. The number of ketones is 2. The van der Waals surface area contributed by atoms with Crippen molar-refractivity contribution in [2.45, 2.75) is 18.4 Å². The Balaban J connectivity index is 1.89. The van der Waals surface area contributed by atoms with Crippen LogP contribution in [0.2, 0.25) is 0 Å². The highest BCUT2D eigenvalue weighted by Crippen LogP contribution is 2.31. The van der Waals surface area contributed by atoms with Crippen molar-refractivity contribution in [3.63, 3.8) is 0 Å². The second-order valence-corrected chi connectivity index (χ2v) is 6.21. The van der Waals surface area contributed by atoms with Gasteiger partial charge in [-0.2, -0.15) is 0 Å². The van der Waals surface area contributed by atoms with E-state index in [4.69, 9.17) is 0 Å². The van der Waals surface area contributed by atoms with E-state index in [0.717, 1.165) is 0 Å². The van der Waals surface area contributed by atoms with Crippen molar-refractivity contribution in [3.8, 4) is 0 Å². The molecular weight excluding hydrogens is 324 g/mol. The first-order chi connectivity index (χ1) is 12.6. The number of Topliss-reactive ketones (excluding diaryl/α,β-unsaturated/α-hetero) is 2. The lowest BCUT2D eigenvalue weighted by Crippen LogP contribution is -2.36. The average Bonchev–Trinajstić information content (AvgIpc) is 2.73. The first-order valence-corrected chi connectivity index (χ1v) is 8.57. The molecule has 0 aliphatic heterocycles. The van der Waals surface area contributed by atoms with Crippen molar-refractivity contribution in [2.75, 3.05) is 0 Å². The Bertz CT molecular complexity index is 873. The Morgan fingerprint density at radius 1 is 0.692 bits per heavy atom. The van der Waals surface area contributed by atoms with Crippen molar-refractivity contribution in [1.82, 2.24) is 0 Å². The fourth-order valence-corrected chi connectivity index (χ4v) is 2.99. The monoisotopic (exact) mass is 344 g/mol. The van der Waals surface area contributed by atoms with Gasteiger partial charge >= 0.3 is 0 Å². The van der Waals surface area contributed by atoms with Gasteiger partial charge in [0.2, 0.25) is 0 Å². The molecule has 3 aromatic rings. The van der Waals surface area contributed by atoms with Crippen LogP contribution in [0.15, 0.2) is 91.0 Å². The van der Waals surface area contributed by atoms with E-state index in [2.05, 4.69) is 0 Å². The molecule has 3 aromatic carbocycles. The largest absolute Gasteiger partial charge is 0.377 e. The topological polar surface area (TPSA) is 54.4 Å². The molecule has 0 aliphatic carbocycles. The van der Waals surface area contributed by atoms with Gasteiger partial charge in [-0.05, 0) is 12.0 Å².